The largest absolute Gasteiger partial charge is 0.416 e. The summed E-state index contributed by atoms with van der Waals surface area (Å²) in [7, 11) is 0. The number of nitrogens with zero attached hydrogens (tertiary/aromatic N) is 2. The zero-order valence-electron chi connectivity index (χ0n) is 13.2. The molecule has 0 unspecified atom stereocenters. The molecule has 0 radical (unpaired) electrons. The Bertz CT molecular complexity index is 897. The quantitative estimate of drug-likeness (QED) is 0.545. The summed E-state index contributed by atoms with van der Waals surface area (Å²) in [6.07, 6.45) is -1.59. The van der Waals surface area contributed by atoms with Crippen LogP contribution in [-0.4, -0.2) is 0 Å². The van der Waals surface area contributed by atoms with Crippen LogP contribution in [0.3, 0.4) is 0 Å². The lowest BCUT2D eigenvalue weighted by atomic mass is 10.1. The van der Waals surface area contributed by atoms with Crippen molar-refractivity contribution in [1.82, 2.24) is 0 Å². The molecule has 0 spiro atoms. The van der Waals surface area contributed by atoms with Gasteiger partial charge in [-0.3, -0.25) is 0 Å². The van der Waals surface area contributed by atoms with Gasteiger partial charge >= 0.3 is 6.18 Å². The molecule has 0 aliphatic rings. The second-order valence-electron chi connectivity index (χ2n) is 5.09. The van der Waals surface area contributed by atoms with E-state index in [0.29, 0.717) is 22.0 Å². The normalized spacial score (nSPS) is 11.2. The SMILES string of the molecule is N#CC(C#N)=C/C=C(\Nc1ccc(C(F)(F)F)cc1)c1ccc(Cl)cc1. The first-order valence-corrected chi connectivity index (χ1v) is 7.63. The summed E-state index contributed by atoms with van der Waals surface area (Å²) in [5.74, 6) is 0. The Morgan fingerprint density at radius 1 is 0.923 bits per heavy atom. The van der Waals surface area contributed by atoms with E-state index in [4.69, 9.17) is 22.1 Å². The summed E-state index contributed by atoms with van der Waals surface area (Å²) >= 11 is 5.86. The molecule has 0 heterocycles. The summed E-state index contributed by atoms with van der Waals surface area (Å²) < 4.78 is 38.0. The number of hydrogen-bond acceptors (Lipinski definition) is 3. The van der Waals surface area contributed by atoms with Crippen molar-refractivity contribution in [3.05, 3.63) is 82.4 Å². The second-order valence-corrected chi connectivity index (χ2v) is 5.53. The van der Waals surface area contributed by atoms with Crippen LogP contribution in [0.1, 0.15) is 11.1 Å². The van der Waals surface area contributed by atoms with Gasteiger partial charge in [0.05, 0.1) is 5.56 Å². The van der Waals surface area contributed by atoms with Crippen molar-refractivity contribution in [2.75, 3.05) is 5.32 Å². The molecule has 7 heteroatoms. The topological polar surface area (TPSA) is 59.6 Å². The van der Waals surface area contributed by atoms with Gasteiger partial charge in [0.1, 0.15) is 17.7 Å². The molecule has 1 N–H and O–H groups in total. The number of alkyl halides is 3. The highest BCUT2D eigenvalue weighted by Gasteiger charge is 2.29. The van der Waals surface area contributed by atoms with Crippen LogP contribution >= 0.6 is 11.6 Å². The number of halogens is 4. The van der Waals surface area contributed by atoms with Gasteiger partial charge in [-0.25, -0.2) is 0 Å². The standard InChI is InChI=1S/C19H11ClF3N3/c20-16-6-2-14(3-7-16)18(10-1-13(11-24)12-25)26-17-8-4-15(5-9-17)19(21,22)23/h1-10,26H/b18-10-. The molecule has 0 aliphatic carbocycles. The van der Waals surface area contributed by atoms with Gasteiger partial charge in [0.2, 0.25) is 0 Å². The Balaban J connectivity index is 2.37. The third-order valence-electron chi connectivity index (χ3n) is 3.30. The molecule has 0 fully saturated rings. The van der Waals surface area contributed by atoms with Crippen molar-refractivity contribution in [2.24, 2.45) is 0 Å². The van der Waals surface area contributed by atoms with Gasteiger partial charge in [0, 0.05) is 16.4 Å². The first-order valence-electron chi connectivity index (χ1n) is 7.26. The molecule has 26 heavy (non-hydrogen) atoms. The molecule has 0 aromatic heterocycles. The van der Waals surface area contributed by atoms with Crippen LogP contribution in [-0.2, 0) is 6.18 Å². The Kier molecular flexibility index (Phi) is 6.06. The lowest BCUT2D eigenvalue weighted by Crippen LogP contribution is -2.05. The number of allylic oxidation sites excluding steroid dienone is 3. The zero-order valence-corrected chi connectivity index (χ0v) is 13.9. The highest BCUT2D eigenvalue weighted by atomic mass is 35.5. The van der Waals surface area contributed by atoms with E-state index >= 15 is 0 Å². The maximum absolute atomic E-state index is 12.7. The van der Waals surface area contributed by atoms with E-state index in [1.807, 2.05) is 0 Å². The van der Waals surface area contributed by atoms with Crippen molar-refractivity contribution in [3.8, 4) is 12.1 Å². The molecular formula is C19H11ClF3N3. The third kappa shape index (κ3) is 5.14. The fourth-order valence-corrected chi connectivity index (χ4v) is 2.13. The Labute approximate surface area is 153 Å². The van der Waals surface area contributed by atoms with E-state index in [9.17, 15) is 13.2 Å². The second kappa shape index (κ2) is 8.24. The van der Waals surface area contributed by atoms with E-state index in [1.54, 1.807) is 36.4 Å². The number of hydrogen-bond donors (Lipinski definition) is 1. The monoisotopic (exact) mass is 373 g/mol. The van der Waals surface area contributed by atoms with Gasteiger partial charge in [-0.2, -0.15) is 23.7 Å². The predicted molar refractivity (Wildman–Crippen MR) is 93.8 cm³/mol. The van der Waals surface area contributed by atoms with Crippen LogP contribution < -0.4 is 5.32 Å². The Hall–Kier alpha value is -3.22. The molecule has 0 saturated heterocycles. The van der Waals surface area contributed by atoms with Crippen LogP contribution in [0.5, 0.6) is 0 Å². The number of nitriles is 2. The Morgan fingerprint density at radius 3 is 2.00 bits per heavy atom. The van der Waals surface area contributed by atoms with Crippen molar-refractivity contribution < 1.29 is 13.2 Å². The van der Waals surface area contributed by atoms with Crippen LogP contribution in [0.4, 0.5) is 18.9 Å². The molecule has 0 atom stereocenters. The van der Waals surface area contributed by atoms with E-state index in [1.165, 1.54) is 24.3 Å². The number of anilines is 1. The van der Waals surface area contributed by atoms with E-state index < -0.39 is 11.7 Å². The van der Waals surface area contributed by atoms with Crippen molar-refractivity contribution >= 4 is 23.0 Å². The molecule has 2 aromatic rings. The number of nitrogens with one attached hydrogen (secondary N) is 1. The van der Waals surface area contributed by atoms with E-state index in [-0.39, 0.29) is 5.57 Å². The summed E-state index contributed by atoms with van der Waals surface area (Å²) in [4.78, 5) is 0. The van der Waals surface area contributed by atoms with Crippen LogP contribution in [0.15, 0.2) is 66.3 Å². The molecule has 0 saturated carbocycles. The van der Waals surface area contributed by atoms with Crippen LogP contribution in [0.2, 0.25) is 5.02 Å². The summed E-state index contributed by atoms with van der Waals surface area (Å²) in [5.41, 5.74) is 0.732. The van der Waals surface area contributed by atoms with Crippen LogP contribution in [0, 0.1) is 22.7 Å². The zero-order chi connectivity index (χ0) is 19.2. The lowest BCUT2D eigenvalue weighted by molar-refractivity contribution is -0.137. The summed E-state index contributed by atoms with van der Waals surface area (Å²) in [6, 6.07) is 14.7. The van der Waals surface area contributed by atoms with Gasteiger partial charge in [-0.15, -0.1) is 0 Å². The highest BCUT2D eigenvalue weighted by Crippen LogP contribution is 2.30. The molecule has 0 bridgehead atoms. The minimum atomic E-state index is -4.41. The minimum absolute atomic E-state index is 0.106. The molecule has 2 rings (SSSR count). The minimum Gasteiger partial charge on any atom is -0.355 e. The van der Waals surface area contributed by atoms with Gasteiger partial charge in [-0.05, 0) is 54.1 Å². The molecule has 2 aromatic carbocycles. The maximum atomic E-state index is 12.7. The van der Waals surface area contributed by atoms with E-state index in [0.717, 1.165) is 12.1 Å². The highest BCUT2D eigenvalue weighted by molar-refractivity contribution is 6.30. The summed E-state index contributed by atoms with van der Waals surface area (Å²) in [5, 5.41) is 21.2. The third-order valence-corrected chi connectivity index (χ3v) is 3.56. The number of rotatable bonds is 4. The number of benzene rings is 2. The van der Waals surface area contributed by atoms with E-state index in [2.05, 4.69) is 5.32 Å². The molecule has 0 amide bonds. The van der Waals surface area contributed by atoms with Crippen LogP contribution in [0.25, 0.3) is 5.70 Å². The van der Waals surface area contributed by atoms with Gasteiger partial charge in [-0.1, -0.05) is 23.7 Å². The molecule has 3 nitrogen and oxygen atoms in total. The van der Waals surface area contributed by atoms with Crippen molar-refractivity contribution in [1.29, 1.82) is 10.5 Å². The first kappa shape index (κ1) is 19.1. The molecule has 0 aliphatic heterocycles. The van der Waals surface area contributed by atoms with Crippen molar-refractivity contribution in [2.45, 2.75) is 6.18 Å². The first-order chi connectivity index (χ1) is 12.3. The molecular weight excluding hydrogens is 363 g/mol. The molecule has 130 valence electrons. The van der Waals surface area contributed by atoms with Gasteiger partial charge in [0.25, 0.3) is 0 Å². The lowest BCUT2D eigenvalue weighted by Gasteiger charge is -2.13. The average molecular weight is 374 g/mol. The fourth-order valence-electron chi connectivity index (χ4n) is 2.00. The van der Waals surface area contributed by atoms with Gasteiger partial charge < -0.3 is 5.32 Å². The van der Waals surface area contributed by atoms with Crippen molar-refractivity contribution in [3.63, 3.8) is 0 Å². The fraction of sp³-hybridized carbons (Fsp3) is 0.0526. The summed E-state index contributed by atoms with van der Waals surface area (Å²) in [6.45, 7) is 0. The predicted octanol–water partition coefficient (Wildman–Crippen LogP) is 5.79. The smallest absolute Gasteiger partial charge is 0.355 e. The maximum Gasteiger partial charge on any atom is 0.416 e. The van der Waals surface area contributed by atoms with Gasteiger partial charge in [0.15, 0.2) is 0 Å². The average Bonchev–Trinajstić information content (AvgIpc) is 2.62. The Morgan fingerprint density at radius 2 is 1.50 bits per heavy atom.